The molecule has 0 unspecified atom stereocenters. The van der Waals surface area contributed by atoms with Gasteiger partial charge < -0.3 is 63.7 Å². The maximum atomic E-state index is 12.8. The SMILES string of the molecule is CC(C)(O)Cn1cc(NC(=O)c2ccc(Br)o2)c(-c2ccccn2)n1.Cn1cc(-c2ccc(C(=O)Nc3cn(CC(C)(C)O)nc3-c3ccccn3)o2)cn1.Cn1cc(B(O)O)cn1.[I-]. The lowest BCUT2D eigenvalue weighted by molar-refractivity contribution is -0.0000520. The van der Waals surface area contributed by atoms with Crippen molar-refractivity contribution in [2.45, 2.75) is 52.0 Å². The summed E-state index contributed by atoms with van der Waals surface area (Å²) < 4.78 is 17.8. The van der Waals surface area contributed by atoms with Crippen molar-refractivity contribution in [2.75, 3.05) is 10.6 Å². The molecule has 23 heteroatoms. The van der Waals surface area contributed by atoms with Crippen LogP contribution < -0.4 is 40.1 Å². The number of halogens is 2. The van der Waals surface area contributed by atoms with E-state index in [4.69, 9.17) is 18.9 Å². The molecule has 0 saturated heterocycles. The Morgan fingerprint density at radius 3 is 1.57 bits per heavy atom. The Morgan fingerprint density at radius 2 is 1.18 bits per heavy atom. The Hall–Kier alpha value is -6.25. The summed E-state index contributed by atoms with van der Waals surface area (Å²) in [5.41, 5.74) is 2.50. The van der Waals surface area contributed by atoms with Gasteiger partial charge in [0, 0.05) is 62.9 Å². The van der Waals surface area contributed by atoms with Crippen molar-refractivity contribution in [1.29, 1.82) is 0 Å². The van der Waals surface area contributed by atoms with Crippen LogP contribution in [-0.4, -0.2) is 99.5 Å². The van der Waals surface area contributed by atoms with Crippen molar-refractivity contribution in [2.24, 2.45) is 14.1 Å². The van der Waals surface area contributed by atoms with Crippen LogP contribution in [0, 0.1) is 0 Å². The summed E-state index contributed by atoms with van der Waals surface area (Å²) in [4.78, 5) is 33.8. The highest BCUT2D eigenvalue weighted by Gasteiger charge is 2.23. The number of nitrogens with one attached hydrogen (secondary N) is 2. The molecule has 65 heavy (non-hydrogen) atoms. The first-order valence-electron chi connectivity index (χ1n) is 19.5. The summed E-state index contributed by atoms with van der Waals surface area (Å²) in [6.45, 7) is 7.29. The van der Waals surface area contributed by atoms with Crippen LogP contribution in [0.1, 0.15) is 48.8 Å². The van der Waals surface area contributed by atoms with Gasteiger partial charge in [-0.1, -0.05) is 12.1 Å². The van der Waals surface area contributed by atoms with Gasteiger partial charge >= 0.3 is 7.12 Å². The molecule has 0 aromatic carbocycles. The van der Waals surface area contributed by atoms with Crippen LogP contribution in [-0.2, 0) is 27.2 Å². The molecule has 8 rings (SSSR count). The molecule has 0 aliphatic heterocycles. The minimum Gasteiger partial charge on any atom is -1.00 e. The number of anilines is 2. The molecule has 0 bridgehead atoms. The van der Waals surface area contributed by atoms with Crippen LogP contribution in [0.5, 0.6) is 0 Å². The minimum absolute atomic E-state index is 0. The lowest BCUT2D eigenvalue weighted by Crippen LogP contribution is -3.00. The molecular formula is C42H46BBrIN12O8-. The monoisotopic (exact) mass is 1060 g/mol. The van der Waals surface area contributed by atoms with Gasteiger partial charge in [0.05, 0.1) is 58.8 Å². The molecule has 2 amide bonds. The lowest BCUT2D eigenvalue weighted by Gasteiger charge is -2.16. The number of pyridine rings is 2. The summed E-state index contributed by atoms with van der Waals surface area (Å²) in [6, 6.07) is 17.4. The molecule has 8 aromatic heterocycles. The smallest absolute Gasteiger partial charge is 0.491 e. The summed E-state index contributed by atoms with van der Waals surface area (Å²) in [5.74, 6) is 0.0805. The highest BCUT2D eigenvalue weighted by Crippen LogP contribution is 2.29. The molecule has 0 aliphatic carbocycles. The Labute approximate surface area is 398 Å². The molecule has 0 fully saturated rings. The Balaban J connectivity index is 0.000000205. The van der Waals surface area contributed by atoms with Crippen LogP contribution in [0.4, 0.5) is 11.4 Å². The van der Waals surface area contributed by atoms with Gasteiger partial charge in [-0.3, -0.25) is 38.3 Å². The highest BCUT2D eigenvalue weighted by molar-refractivity contribution is 9.10. The largest absolute Gasteiger partial charge is 1.00 e. The lowest BCUT2D eigenvalue weighted by atomic mass is 9.83. The topological polar surface area (TPSA) is 262 Å². The predicted molar refractivity (Wildman–Crippen MR) is 240 cm³/mol. The van der Waals surface area contributed by atoms with E-state index in [9.17, 15) is 19.8 Å². The first kappa shape index (κ1) is 49.8. The summed E-state index contributed by atoms with van der Waals surface area (Å²) in [7, 11) is 2.12. The molecule has 20 nitrogen and oxygen atoms in total. The van der Waals surface area contributed by atoms with Crippen molar-refractivity contribution >= 4 is 51.7 Å². The second-order valence-corrected chi connectivity index (χ2v) is 16.4. The fourth-order valence-electron chi connectivity index (χ4n) is 5.91. The Kier molecular flexibility index (Phi) is 16.6. The molecule has 6 N–H and O–H groups in total. The van der Waals surface area contributed by atoms with Crippen LogP contribution in [0.2, 0.25) is 0 Å². The number of amides is 2. The van der Waals surface area contributed by atoms with Gasteiger partial charge in [-0.2, -0.15) is 20.4 Å². The normalized spacial score (nSPS) is 11.1. The van der Waals surface area contributed by atoms with E-state index in [2.05, 4.69) is 56.9 Å². The number of hydrogen-bond acceptors (Lipinski definition) is 14. The summed E-state index contributed by atoms with van der Waals surface area (Å²) >= 11 is 3.17. The number of aryl methyl sites for hydroxylation is 2. The molecule has 340 valence electrons. The number of furan rings is 2. The van der Waals surface area contributed by atoms with E-state index < -0.39 is 30.1 Å². The highest BCUT2D eigenvalue weighted by atomic mass is 127. The second kappa shape index (κ2) is 21.6. The first-order valence-corrected chi connectivity index (χ1v) is 20.3. The van der Waals surface area contributed by atoms with Gasteiger partial charge in [-0.05, 0) is 92.2 Å². The molecule has 8 aromatic rings. The van der Waals surface area contributed by atoms with Crippen molar-refractivity contribution in [1.82, 2.24) is 49.1 Å². The van der Waals surface area contributed by atoms with E-state index in [0.29, 0.717) is 50.0 Å². The molecule has 0 atom stereocenters. The molecule has 0 radical (unpaired) electrons. The fraction of sp³-hybridized carbons (Fsp3) is 0.238. The Morgan fingerprint density at radius 1 is 0.692 bits per heavy atom. The van der Waals surface area contributed by atoms with Gasteiger partial charge in [0.2, 0.25) is 0 Å². The molecular weight excluding hydrogens is 1020 g/mol. The zero-order valence-electron chi connectivity index (χ0n) is 36.0. The van der Waals surface area contributed by atoms with Crippen LogP contribution in [0.25, 0.3) is 34.1 Å². The fourth-order valence-corrected chi connectivity index (χ4v) is 6.21. The minimum atomic E-state index is -1.40. The van der Waals surface area contributed by atoms with Crippen molar-refractivity contribution in [3.63, 3.8) is 0 Å². The van der Waals surface area contributed by atoms with Crippen molar-refractivity contribution in [3.8, 4) is 34.1 Å². The van der Waals surface area contributed by atoms with Gasteiger partial charge in [0.1, 0.15) is 17.1 Å². The van der Waals surface area contributed by atoms with E-state index in [-0.39, 0.29) is 48.6 Å². The van der Waals surface area contributed by atoms with E-state index in [0.717, 1.165) is 5.56 Å². The number of hydrogen-bond donors (Lipinski definition) is 6. The number of nitrogens with zero attached hydrogens (tertiary/aromatic N) is 10. The van der Waals surface area contributed by atoms with E-state index in [1.54, 1.807) is 141 Å². The number of aromatic nitrogens is 10. The summed E-state index contributed by atoms with van der Waals surface area (Å²) in [6.07, 6.45) is 13.1. The van der Waals surface area contributed by atoms with Crippen LogP contribution >= 0.6 is 15.9 Å². The van der Waals surface area contributed by atoms with Gasteiger partial charge in [0.15, 0.2) is 16.2 Å². The number of aliphatic hydroxyl groups is 2. The van der Waals surface area contributed by atoms with Crippen LogP contribution in [0.15, 0.2) is 124 Å². The van der Waals surface area contributed by atoms with Crippen molar-refractivity contribution in [3.05, 3.63) is 126 Å². The van der Waals surface area contributed by atoms with Crippen molar-refractivity contribution < 1.29 is 62.7 Å². The average molecular weight is 1060 g/mol. The molecule has 0 aliphatic rings. The van der Waals surface area contributed by atoms with E-state index in [1.807, 2.05) is 19.2 Å². The zero-order chi connectivity index (χ0) is 46.2. The predicted octanol–water partition coefficient (Wildman–Crippen LogP) is 1.39. The summed E-state index contributed by atoms with van der Waals surface area (Å²) in [5, 5.41) is 59.7. The standard InChI is InChI=1S/C21H22N6O3.C17H17BrN4O3.C4H7BN2O2.HI/c1-21(2,29)13-27-12-16(19(25-27)15-6-4-5-9-22-15)24-20(28)18-8-7-17(30-18)14-10-23-26(3)11-14;1-17(2,24)10-22-9-12(15(21-22)11-5-3-4-8-19-11)20-16(23)13-6-7-14(18)25-13;1-7-3-4(2-6-7)5(8)9;/h4-12,29H,13H2,1-3H3,(H,24,28);3-9,24H,10H2,1-2H3,(H,20,23);2-3,8-9H,1H3;1H/p-1. The van der Waals surface area contributed by atoms with Gasteiger partial charge in [-0.25, -0.2) is 0 Å². The number of rotatable bonds is 12. The zero-order valence-corrected chi connectivity index (χ0v) is 39.8. The van der Waals surface area contributed by atoms with Crippen LogP contribution in [0.3, 0.4) is 0 Å². The van der Waals surface area contributed by atoms with Gasteiger partial charge in [-0.15, -0.1) is 0 Å². The molecule has 8 heterocycles. The maximum Gasteiger partial charge on any atom is 0.491 e. The quantitative estimate of drug-likeness (QED) is 0.0747. The third-order valence-corrected chi connectivity index (χ3v) is 9.00. The second-order valence-electron chi connectivity index (χ2n) is 15.6. The average Bonchev–Trinajstić information content (AvgIpc) is 4.10. The third kappa shape index (κ3) is 14.4. The van der Waals surface area contributed by atoms with Gasteiger partial charge in [0.25, 0.3) is 11.8 Å². The molecule has 0 saturated carbocycles. The maximum absolute atomic E-state index is 12.8. The Bertz CT molecular complexity index is 2790. The number of carbonyl (C=O) groups is 2. The van der Waals surface area contributed by atoms with E-state index in [1.165, 1.54) is 10.9 Å². The van der Waals surface area contributed by atoms with E-state index >= 15 is 0 Å². The molecule has 0 spiro atoms. The first-order chi connectivity index (χ1) is 30.3. The number of carbonyl (C=O) groups excluding carboxylic acids is 2. The third-order valence-electron chi connectivity index (χ3n) is 8.57.